The van der Waals surface area contributed by atoms with Gasteiger partial charge in [0.2, 0.25) is 5.91 Å². The summed E-state index contributed by atoms with van der Waals surface area (Å²) in [6.07, 6.45) is 0.796. The largest absolute Gasteiger partial charge is 0.497 e. The van der Waals surface area contributed by atoms with Gasteiger partial charge in [0, 0.05) is 38.4 Å². The highest BCUT2D eigenvalue weighted by molar-refractivity contribution is 7.80. The fourth-order valence-corrected chi connectivity index (χ4v) is 5.38. The number of hydrogen-bond acceptors (Lipinski definition) is 7. The van der Waals surface area contributed by atoms with Crippen LogP contribution in [0, 0.1) is 0 Å². The summed E-state index contributed by atoms with van der Waals surface area (Å²) in [6, 6.07) is 11.5. The molecule has 2 saturated heterocycles. The molecule has 2 heterocycles. The normalized spacial score (nSPS) is 18.7. The molecule has 2 aliphatic rings. The molecule has 0 spiro atoms. The van der Waals surface area contributed by atoms with E-state index in [9.17, 15) is 9.59 Å². The molecule has 0 aliphatic carbocycles. The number of carbonyl (C=O) groups excluding carboxylic acids is 2. The summed E-state index contributed by atoms with van der Waals surface area (Å²) in [5.41, 5.74) is 1.18. The molecule has 204 valence electrons. The Labute approximate surface area is 234 Å². The molecule has 11 heteroatoms. The SMILES string of the molecule is COc1ccc(NC(=O)C[C@@H]2C(=O)N(c3ccc(OC)c(Cl)c3)C(=S)N2CCCN2CCN(C)CC2)cc1. The highest BCUT2D eigenvalue weighted by Crippen LogP contribution is 2.33. The Bertz CT molecular complexity index is 1160. The molecule has 2 fully saturated rings. The van der Waals surface area contributed by atoms with Gasteiger partial charge in [-0.05, 0) is 74.7 Å². The van der Waals surface area contributed by atoms with Gasteiger partial charge in [-0.1, -0.05) is 11.6 Å². The number of nitrogens with one attached hydrogen (secondary N) is 1. The monoisotopic (exact) mass is 559 g/mol. The van der Waals surface area contributed by atoms with E-state index >= 15 is 0 Å². The third kappa shape index (κ3) is 6.55. The summed E-state index contributed by atoms with van der Waals surface area (Å²) in [6.45, 7) is 5.59. The molecule has 4 rings (SSSR count). The van der Waals surface area contributed by atoms with Gasteiger partial charge in [0.05, 0.1) is 31.4 Å². The average Bonchev–Trinajstić information content (AvgIpc) is 3.14. The van der Waals surface area contributed by atoms with Gasteiger partial charge < -0.3 is 29.5 Å². The van der Waals surface area contributed by atoms with Gasteiger partial charge in [-0.3, -0.25) is 14.5 Å². The van der Waals surface area contributed by atoms with Crippen LogP contribution >= 0.6 is 23.8 Å². The Kier molecular flexibility index (Phi) is 9.43. The molecular formula is C27H34ClN5O4S. The topological polar surface area (TPSA) is 77.6 Å². The number of halogens is 1. The van der Waals surface area contributed by atoms with Crippen LogP contribution in [-0.4, -0.2) is 98.2 Å². The lowest BCUT2D eigenvalue weighted by Gasteiger charge is -2.33. The number of rotatable bonds is 10. The molecule has 1 N–H and O–H groups in total. The molecular weight excluding hydrogens is 526 g/mol. The number of ether oxygens (including phenoxy) is 2. The zero-order valence-electron chi connectivity index (χ0n) is 22.0. The number of carbonyl (C=O) groups is 2. The summed E-state index contributed by atoms with van der Waals surface area (Å²) < 4.78 is 10.4. The van der Waals surface area contributed by atoms with E-state index in [1.165, 1.54) is 12.0 Å². The first-order valence-corrected chi connectivity index (χ1v) is 13.4. The number of likely N-dealkylation sites (N-methyl/N-ethyl adjacent to an activating group) is 1. The summed E-state index contributed by atoms with van der Waals surface area (Å²) in [5.74, 6) is 0.683. The van der Waals surface area contributed by atoms with Gasteiger partial charge in [-0.25, -0.2) is 0 Å². The molecule has 0 bridgehead atoms. The number of benzene rings is 2. The van der Waals surface area contributed by atoms with Gasteiger partial charge in [-0.2, -0.15) is 0 Å². The second kappa shape index (κ2) is 12.8. The Morgan fingerprint density at radius 3 is 2.39 bits per heavy atom. The van der Waals surface area contributed by atoms with Gasteiger partial charge in [0.1, 0.15) is 17.5 Å². The lowest BCUT2D eigenvalue weighted by molar-refractivity contribution is -0.124. The third-order valence-electron chi connectivity index (χ3n) is 6.93. The Morgan fingerprint density at radius 2 is 1.76 bits per heavy atom. The Morgan fingerprint density at radius 1 is 1.05 bits per heavy atom. The van der Waals surface area contributed by atoms with Crippen molar-refractivity contribution in [3.8, 4) is 11.5 Å². The van der Waals surface area contributed by atoms with Crippen molar-refractivity contribution in [1.29, 1.82) is 0 Å². The fraction of sp³-hybridized carbons (Fsp3) is 0.444. The fourth-order valence-electron chi connectivity index (χ4n) is 4.72. The molecule has 2 aliphatic heterocycles. The van der Waals surface area contributed by atoms with E-state index in [0.29, 0.717) is 39.6 Å². The van der Waals surface area contributed by atoms with E-state index in [1.807, 2.05) is 4.90 Å². The van der Waals surface area contributed by atoms with Crippen LogP contribution in [0.15, 0.2) is 42.5 Å². The highest BCUT2D eigenvalue weighted by atomic mass is 35.5. The van der Waals surface area contributed by atoms with Crippen molar-refractivity contribution in [2.75, 3.05) is 70.8 Å². The van der Waals surface area contributed by atoms with Crippen molar-refractivity contribution >= 4 is 52.1 Å². The van der Waals surface area contributed by atoms with Crippen molar-refractivity contribution in [1.82, 2.24) is 14.7 Å². The molecule has 0 aromatic heterocycles. The van der Waals surface area contributed by atoms with E-state index in [2.05, 4.69) is 22.2 Å². The standard InChI is InChI=1S/C27H34ClN5O4S/c1-30-13-15-31(16-14-30)11-4-12-32-23(18-25(34)29-19-5-8-21(36-2)9-6-19)26(35)33(27(32)38)20-7-10-24(37-3)22(28)17-20/h5-10,17,23H,4,11-16,18H2,1-3H3,(H,29,34)/t23-/m1/s1. The minimum Gasteiger partial charge on any atom is -0.497 e. The molecule has 0 saturated carbocycles. The zero-order valence-corrected chi connectivity index (χ0v) is 23.6. The zero-order chi connectivity index (χ0) is 27.2. The minimum absolute atomic E-state index is 0.0279. The first-order valence-electron chi connectivity index (χ1n) is 12.6. The van der Waals surface area contributed by atoms with Crippen molar-refractivity contribution in [2.45, 2.75) is 18.9 Å². The van der Waals surface area contributed by atoms with Gasteiger partial charge in [0.25, 0.3) is 5.91 Å². The number of piperazine rings is 1. The van der Waals surface area contributed by atoms with E-state index in [1.54, 1.807) is 49.6 Å². The van der Waals surface area contributed by atoms with Crippen LogP contribution in [0.2, 0.25) is 5.02 Å². The molecule has 2 aromatic carbocycles. The number of thiocarbonyl (C=S) groups is 1. The summed E-state index contributed by atoms with van der Waals surface area (Å²) in [7, 11) is 5.25. The Hall–Kier alpha value is -2.92. The highest BCUT2D eigenvalue weighted by Gasteiger charge is 2.44. The maximum atomic E-state index is 13.7. The molecule has 2 aromatic rings. The van der Waals surface area contributed by atoms with E-state index in [-0.39, 0.29) is 18.2 Å². The second-order valence-electron chi connectivity index (χ2n) is 9.46. The van der Waals surface area contributed by atoms with Gasteiger partial charge in [-0.15, -0.1) is 0 Å². The average molecular weight is 560 g/mol. The van der Waals surface area contributed by atoms with E-state index < -0.39 is 6.04 Å². The predicted molar refractivity (Wildman–Crippen MR) is 153 cm³/mol. The second-order valence-corrected chi connectivity index (χ2v) is 10.2. The molecule has 0 radical (unpaired) electrons. The van der Waals surface area contributed by atoms with Crippen molar-refractivity contribution in [3.63, 3.8) is 0 Å². The smallest absolute Gasteiger partial charge is 0.256 e. The molecule has 2 amide bonds. The van der Waals surface area contributed by atoms with Gasteiger partial charge in [0.15, 0.2) is 5.11 Å². The number of nitrogens with zero attached hydrogens (tertiary/aromatic N) is 4. The molecule has 0 unspecified atom stereocenters. The maximum Gasteiger partial charge on any atom is 0.256 e. The van der Waals surface area contributed by atoms with Crippen LogP contribution in [0.4, 0.5) is 11.4 Å². The van der Waals surface area contributed by atoms with Crippen molar-refractivity contribution < 1.29 is 19.1 Å². The summed E-state index contributed by atoms with van der Waals surface area (Å²) in [5, 5.41) is 3.63. The van der Waals surface area contributed by atoms with Crippen LogP contribution in [0.3, 0.4) is 0 Å². The molecule has 9 nitrogen and oxygen atoms in total. The maximum absolute atomic E-state index is 13.7. The number of amides is 2. The van der Waals surface area contributed by atoms with E-state index in [4.69, 9.17) is 33.3 Å². The van der Waals surface area contributed by atoms with Gasteiger partial charge >= 0.3 is 0 Å². The number of anilines is 2. The number of hydrogen-bond donors (Lipinski definition) is 1. The van der Waals surface area contributed by atoms with Crippen LogP contribution in [0.1, 0.15) is 12.8 Å². The first-order chi connectivity index (χ1) is 18.3. The molecule has 1 atom stereocenters. The lowest BCUT2D eigenvalue weighted by Crippen LogP contribution is -2.45. The summed E-state index contributed by atoms with van der Waals surface area (Å²) >= 11 is 12.1. The predicted octanol–water partition coefficient (Wildman–Crippen LogP) is 3.33. The minimum atomic E-state index is -0.714. The third-order valence-corrected chi connectivity index (χ3v) is 7.65. The Balaban J connectivity index is 1.49. The van der Waals surface area contributed by atoms with Crippen molar-refractivity contribution in [3.05, 3.63) is 47.5 Å². The van der Waals surface area contributed by atoms with E-state index in [0.717, 1.165) is 39.1 Å². The summed E-state index contributed by atoms with van der Waals surface area (Å²) in [4.78, 5) is 34.8. The van der Waals surface area contributed by atoms with Crippen LogP contribution < -0.4 is 19.7 Å². The first kappa shape index (κ1) is 28.1. The van der Waals surface area contributed by atoms with Crippen LogP contribution in [0.5, 0.6) is 11.5 Å². The number of methoxy groups -OCH3 is 2. The van der Waals surface area contributed by atoms with Crippen LogP contribution in [0.25, 0.3) is 0 Å². The quantitative estimate of drug-likeness (QED) is 0.444. The lowest BCUT2D eigenvalue weighted by atomic mass is 10.1. The van der Waals surface area contributed by atoms with Crippen molar-refractivity contribution in [2.24, 2.45) is 0 Å². The van der Waals surface area contributed by atoms with Crippen LogP contribution in [-0.2, 0) is 9.59 Å². The molecule has 38 heavy (non-hydrogen) atoms.